The molecule has 0 aliphatic heterocycles. The molecule has 1 atom stereocenters. The van der Waals surface area contributed by atoms with Crippen LogP contribution in [-0.4, -0.2) is 40.1 Å². The van der Waals surface area contributed by atoms with E-state index < -0.39 is 23.5 Å². The predicted molar refractivity (Wildman–Crippen MR) is 130 cm³/mol. The largest absolute Gasteiger partial charge is 0.480 e. The van der Waals surface area contributed by atoms with Crippen LogP contribution < -0.4 is 22.3 Å². The van der Waals surface area contributed by atoms with E-state index in [4.69, 9.17) is 11.5 Å². The molecule has 3 rings (SSSR count). The second kappa shape index (κ2) is 11.5. The highest BCUT2D eigenvalue weighted by molar-refractivity contribution is 5.96. The molecule has 1 amide bonds. The molecule has 1 unspecified atom stereocenters. The number of carboxylic acid groups (broad SMARTS) is 1. The Morgan fingerprint density at radius 2 is 1.62 bits per heavy atom. The SMILES string of the molecule is NC(N)=NCCCC(NC(=O)c1ccc(-c2ccccc2)n(Cc2ccccc2)c1=O)C(=O)O. The van der Waals surface area contributed by atoms with Gasteiger partial charge < -0.3 is 26.5 Å². The van der Waals surface area contributed by atoms with Gasteiger partial charge in [-0.3, -0.25) is 14.6 Å². The van der Waals surface area contributed by atoms with Crippen LogP contribution in [0.3, 0.4) is 0 Å². The van der Waals surface area contributed by atoms with Crippen molar-refractivity contribution in [3.63, 3.8) is 0 Å². The second-order valence-corrected chi connectivity index (χ2v) is 7.69. The molecule has 9 nitrogen and oxygen atoms in total. The van der Waals surface area contributed by atoms with Crippen molar-refractivity contribution in [3.05, 3.63) is 94.3 Å². The van der Waals surface area contributed by atoms with Crippen molar-refractivity contribution in [2.24, 2.45) is 16.5 Å². The van der Waals surface area contributed by atoms with Gasteiger partial charge in [0.1, 0.15) is 11.6 Å². The van der Waals surface area contributed by atoms with E-state index in [9.17, 15) is 19.5 Å². The number of nitrogens with one attached hydrogen (secondary N) is 1. The summed E-state index contributed by atoms with van der Waals surface area (Å²) >= 11 is 0. The molecule has 9 heteroatoms. The molecule has 0 radical (unpaired) electrons. The maximum atomic E-state index is 13.4. The lowest BCUT2D eigenvalue weighted by Gasteiger charge is -2.17. The number of hydrogen-bond acceptors (Lipinski definition) is 4. The third-order valence-corrected chi connectivity index (χ3v) is 5.22. The molecule has 1 aromatic heterocycles. The lowest BCUT2D eigenvalue weighted by Crippen LogP contribution is -2.43. The van der Waals surface area contributed by atoms with Crippen molar-refractivity contribution in [1.82, 2.24) is 9.88 Å². The minimum absolute atomic E-state index is 0.0895. The van der Waals surface area contributed by atoms with Crippen LogP contribution >= 0.6 is 0 Å². The van der Waals surface area contributed by atoms with Gasteiger partial charge in [0.05, 0.1) is 12.2 Å². The van der Waals surface area contributed by atoms with Gasteiger partial charge in [-0.05, 0) is 36.1 Å². The highest BCUT2D eigenvalue weighted by Crippen LogP contribution is 2.19. The quantitative estimate of drug-likeness (QED) is 0.205. The van der Waals surface area contributed by atoms with E-state index in [1.807, 2.05) is 60.7 Å². The third kappa shape index (κ3) is 6.32. The minimum atomic E-state index is -1.21. The summed E-state index contributed by atoms with van der Waals surface area (Å²) in [5, 5.41) is 12.0. The lowest BCUT2D eigenvalue weighted by molar-refractivity contribution is -0.139. The number of nitrogens with zero attached hydrogens (tertiary/aromatic N) is 2. The summed E-state index contributed by atoms with van der Waals surface area (Å²) < 4.78 is 1.52. The molecule has 0 spiro atoms. The maximum absolute atomic E-state index is 13.4. The van der Waals surface area contributed by atoms with Crippen LogP contribution in [0, 0.1) is 0 Å². The number of benzene rings is 2. The number of nitrogens with two attached hydrogens (primary N) is 2. The molecule has 34 heavy (non-hydrogen) atoms. The number of carbonyl (C=O) groups is 2. The van der Waals surface area contributed by atoms with Crippen LogP contribution in [0.5, 0.6) is 0 Å². The fourth-order valence-electron chi connectivity index (χ4n) is 3.53. The van der Waals surface area contributed by atoms with Crippen molar-refractivity contribution in [3.8, 4) is 11.3 Å². The van der Waals surface area contributed by atoms with Gasteiger partial charge in [0, 0.05) is 6.54 Å². The lowest BCUT2D eigenvalue weighted by atomic mass is 10.1. The Labute approximate surface area is 196 Å². The predicted octanol–water partition coefficient (Wildman–Crippen LogP) is 1.80. The molecule has 0 saturated carbocycles. The number of carbonyl (C=O) groups excluding carboxylic acids is 1. The number of aliphatic imine (C=N–C) groups is 1. The number of pyridine rings is 1. The van der Waals surface area contributed by atoms with Gasteiger partial charge in [0.15, 0.2) is 5.96 Å². The number of aromatic nitrogens is 1. The summed E-state index contributed by atoms with van der Waals surface area (Å²) in [6.07, 6.45) is 0.457. The first-order valence-corrected chi connectivity index (χ1v) is 10.8. The first-order valence-electron chi connectivity index (χ1n) is 10.8. The van der Waals surface area contributed by atoms with Crippen LogP contribution in [0.2, 0.25) is 0 Å². The van der Waals surface area contributed by atoms with E-state index >= 15 is 0 Å². The Balaban J connectivity index is 1.91. The van der Waals surface area contributed by atoms with E-state index in [1.54, 1.807) is 6.07 Å². The van der Waals surface area contributed by atoms with Crippen LogP contribution in [0.15, 0.2) is 82.6 Å². The van der Waals surface area contributed by atoms with Gasteiger partial charge in [0.2, 0.25) is 0 Å². The molecule has 0 aliphatic rings. The van der Waals surface area contributed by atoms with Crippen LogP contribution in [-0.2, 0) is 11.3 Å². The standard InChI is InChI=1S/C25H27N5O4/c26-25(27)28-15-7-12-20(24(33)34)29-22(31)19-13-14-21(18-10-5-2-6-11-18)30(23(19)32)16-17-8-3-1-4-9-17/h1-6,8-11,13-14,20H,7,12,15-16H2,(H,29,31)(H,33,34)(H4,26,27,28). The summed E-state index contributed by atoms with van der Waals surface area (Å²) in [5.74, 6) is -2.04. The van der Waals surface area contributed by atoms with E-state index in [2.05, 4.69) is 10.3 Å². The Bertz CT molecular complexity index is 1220. The van der Waals surface area contributed by atoms with Crippen LogP contribution in [0.25, 0.3) is 11.3 Å². The van der Waals surface area contributed by atoms with E-state index in [1.165, 1.54) is 10.6 Å². The van der Waals surface area contributed by atoms with E-state index in [0.29, 0.717) is 12.1 Å². The smallest absolute Gasteiger partial charge is 0.326 e. The molecular formula is C25H27N5O4. The summed E-state index contributed by atoms with van der Waals surface area (Å²) in [7, 11) is 0. The number of rotatable bonds is 10. The van der Waals surface area contributed by atoms with Gasteiger partial charge in [-0.2, -0.15) is 0 Å². The molecule has 176 valence electrons. The molecular weight excluding hydrogens is 434 g/mol. The molecule has 0 saturated heterocycles. The van der Waals surface area contributed by atoms with Crippen LogP contribution in [0.1, 0.15) is 28.8 Å². The number of carboxylic acids is 1. The molecule has 0 bridgehead atoms. The zero-order valence-electron chi connectivity index (χ0n) is 18.6. The first-order chi connectivity index (χ1) is 16.4. The van der Waals surface area contributed by atoms with Gasteiger partial charge in [0.25, 0.3) is 11.5 Å². The van der Waals surface area contributed by atoms with E-state index in [-0.39, 0.29) is 31.0 Å². The van der Waals surface area contributed by atoms with Gasteiger partial charge in [-0.1, -0.05) is 60.7 Å². The minimum Gasteiger partial charge on any atom is -0.480 e. The fourth-order valence-corrected chi connectivity index (χ4v) is 3.53. The Hall–Kier alpha value is -4.40. The Morgan fingerprint density at radius 3 is 2.24 bits per heavy atom. The highest BCUT2D eigenvalue weighted by Gasteiger charge is 2.23. The number of aliphatic carboxylic acids is 1. The molecule has 2 aromatic carbocycles. The summed E-state index contributed by atoms with van der Waals surface area (Å²) in [5.41, 5.74) is 12.3. The molecule has 1 heterocycles. The number of hydrogen-bond donors (Lipinski definition) is 4. The average Bonchev–Trinajstić information content (AvgIpc) is 2.83. The molecule has 6 N–H and O–H groups in total. The van der Waals surface area contributed by atoms with Gasteiger partial charge in [-0.25, -0.2) is 4.79 Å². The van der Waals surface area contributed by atoms with Crippen molar-refractivity contribution >= 4 is 17.8 Å². The summed E-state index contributed by atoms with van der Waals surface area (Å²) in [4.78, 5) is 41.8. The first kappa shape index (κ1) is 24.2. The van der Waals surface area contributed by atoms with Gasteiger partial charge >= 0.3 is 5.97 Å². The summed E-state index contributed by atoms with van der Waals surface area (Å²) in [6, 6.07) is 20.7. The fraction of sp³-hybridized carbons (Fsp3) is 0.200. The van der Waals surface area contributed by atoms with E-state index in [0.717, 1.165) is 11.1 Å². The van der Waals surface area contributed by atoms with Crippen molar-refractivity contribution in [1.29, 1.82) is 0 Å². The van der Waals surface area contributed by atoms with Crippen molar-refractivity contribution < 1.29 is 14.7 Å². The second-order valence-electron chi connectivity index (χ2n) is 7.69. The van der Waals surface area contributed by atoms with Gasteiger partial charge in [-0.15, -0.1) is 0 Å². The summed E-state index contributed by atoms with van der Waals surface area (Å²) in [6.45, 7) is 0.490. The zero-order chi connectivity index (χ0) is 24.5. The maximum Gasteiger partial charge on any atom is 0.326 e. The normalized spacial score (nSPS) is 11.4. The Kier molecular flexibility index (Phi) is 8.17. The van der Waals surface area contributed by atoms with Crippen molar-refractivity contribution in [2.75, 3.05) is 6.54 Å². The zero-order valence-corrected chi connectivity index (χ0v) is 18.6. The third-order valence-electron chi connectivity index (χ3n) is 5.22. The molecule has 3 aromatic rings. The molecule has 0 aliphatic carbocycles. The van der Waals surface area contributed by atoms with Crippen LogP contribution in [0.4, 0.5) is 0 Å². The number of amides is 1. The average molecular weight is 462 g/mol. The molecule has 0 fully saturated rings. The van der Waals surface area contributed by atoms with Crippen molar-refractivity contribution in [2.45, 2.75) is 25.4 Å². The Morgan fingerprint density at radius 1 is 0.971 bits per heavy atom. The highest BCUT2D eigenvalue weighted by atomic mass is 16.4. The monoisotopic (exact) mass is 461 g/mol. The number of guanidine groups is 1. The topological polar surface area (TPSA) is 153 Å².